The first kappa shape index (κ1) is 69.2. The number of esters is 1. The summed E-state index contributed by atoms with van der Waals surface area (Å²) in [5, 5.41) is 0. The van der Waals surface area contributed by atoms with Gasteiger partial charge in [-0.15, -0.1) is 0 Å². The zero-order valence-corrected chi connectivity index (χ0v) is 48.3. The standard InChI is InChI=1S/C62H116NO7P/c1-6-8-10-12-14-16-18-20-22-24-26-28-30-31-32-34-36-38-40-42-44-46-48-50-52-54-57-67-59-61(60-69-71(65,66)68-58-56-63(3,4)5)70-62(64)55-53-51-49-47-45-43-41-39-37-35-33-29-27-25-23-21-19-17-15-13-11-9-7-2/h9,11,15,17,21,23,27,29,35,37,61H,6-8,10,12-14,16,18-20,22,24-26,28,30-34,36,38-60H2,1-5H3/b11-9-,17-15-,23-21-,29-27-,37-35-. The first-order valence-corrected chi connectivity index (χ1v) is 31.5. The fraction of sp³-hybridized carbons (Fsp3) is 0.823. The van der Waals surface area contributed by atoms with Crippen molar-refractivity contribution in [3.63, 3.8) is 0 Å². The van der Waals surface area contributed by atoms with E-state index >= 15 is 0 Å². The topological polar surface area (TPSA) is 94.1 Å². The molecular formula is C62H116NO7P. The molecule has 0 bridgehead atoms. The highest BCUT2D eigenvalue weighted by Crippen LogP contribution is 2.38. The highest BCUT2D eigenvalue weighted by molar-refractivity contribution is 7.45. The van der Waals surface area contributed by atoms with Crippen LogP contribution < -0.4 is 4.89 Å². The number of hydrogen-bond acceptors (Lipinski definition) is 7. The van der Waals surface area contributed by atoms with E-state index in [1.807, 2.05) is 21.1 Å². The Morgan fingerprint density at radius 2 is 0.817 bits per heavy atom. The summed E-state index contributed by atoms with van der Waals surface area (Å²) in [6.07, 6.45) is 71.3. The number of quaternary nitrogens is 1. The number of carbonyl (C=O) groups excluding carboxylic acids is 1. The van der Waals surface area contributed by atoms with Gasteiger partial charge < -0.3 is 27.9 Å². The Bertz CT molecular complexity index is 1320. The van der Waals surface area contributed by atoms with Crippen LogP contribution in [-0.2, 0) is 27.9 Å². The maximum atomic E-state index is 12.8. The summed E-state index contributed by atoms with van der Waals surface area (Å²) in [7, 11) is 1.35. The van der Waals surface area contributed by atoms with Gasteiger partial charge >= 0.3 is 5.97 Å². The van der Waals surface area contributed by atoms with Crippen LogP contribution in [0.15, 0.2) is 60.8 Å². The molecule has 0 fully saturated rings. The number of nitrogens with zero attached hydrogens (tertiary/aromatic N) is 1. The first-order valence-electron chi connectivity index (χ1n) is 30.0. The summed E-state index contributed by atoms with van der Waals surface area (Å²) in [6.45, 7) is 5.33. The van der Waals surface area contributed by atoms with E-state index in [9.17, 15) is 14.3 Å². The predicted octanol–water partition coefficient (Wildman–Crippen LogP) is 18.5. The number of phosphoric acid groups is 1. The summed E-state index contributed by atoms with van der Waals surface area (Å²) >= 11 is 0. The van der Waals surface area contributed by atoms with Crippen LogP contribution in [0.1, 0.15) is 271 Å². The Balaban J connectivity index is 4.05. The molecule has 0 aliphatic rings. The van der Waals surface area contributed by atoms with Crippen molar-refractivity contribution in [1.82, 2.24) is 0 Å². The normalized spacial score (nSPS) is 13.8. The maximum absolute atomic E-state index is 12.8. The Kier molecular flexibility index (Phi) is 53.1. The largest absolute Gasteiger partial charge is 0.756 e. The fourth-order valence-corrected chi connectivity index (χ4v) is 9.25. The summed E-state index contributed by atoms with van der Waals surface area (Å²) in [5.41, 5.74) is 0. The van der Waals surface area contributed by atoms with Crippen molar-refractivity contribution < 1.29 is 37.3 Å². The maximum Gasteiger partial charge on any atom is 0.306 e. The van der Waals surface area contributed by atoms with Crippen molar-refractivity contribution in [2.45, 2.75) is 277 Å². The minimum absolute atomic E-state index is 0.0230. The molecule has 416 valence electrons. The second-order valence-electron chi connectivity index (χ2n) is 21.3. The van der Waals surface area contributed by atoms with Crippen molar-refractivity contribution in [3.05, 3.63) is 60.8 Å². The van der Waals surface area contributed by atoms with Crippen molar-refractivity contribution in [1.29, 1.82) is 0 Å². The van der Waals surface area contributed by atoms with Gasteiger partial charge in [0.15, 0.2) is 0 Å². The van der Waals surface area contributed by atoms with Gasteiger partial charge in [0.1, 0.15) is 19.3 Å². The molecule has 0 aromatic heterocycles. The van der Waals surface area contributed by atoms with Crippen molar-refractivity contribution >= 4 is 13.8 Å². The third-order valence-corrected chi connectivity index (χ3v) is 14.0. The van der Waals surface area contributed by atoms with E-state index in [0.717, 1.165) is 77.0 Å². The van der Waals surface area contributed by atoms with Crippen LogP contribution in [0.5, 0.6) is 0 Å². The molecule has 0 amide bonds. The van der Waals surface area contributed by atoms with Gasteiger partial charge in [-0.25, -0.2) is 0 Å². The van der Waals surface area contributed by atoms with Gasteiger partial charge in [0.25, 0.3) is 7.82 Å². The van der Waals surface area contributed by atoms with E-state index < -0.39 is 13.9 Å². The molecule has 0 saturated heterocycles. The highest BCUT2D eigenvalue weighted by Gasteiger charge is 2.20. The van der Waals surface area contributed by atoms with Crippen LogP contribution in [0.25, 0.3) is 0 Å². The molecular weight excluding hydrogens is 902 g/mol. The molecule has 0 spiro atoms. The molecule has 0 heterocycles. The van der Waals surface area contributed by atoms with Crippen LogP contribution in [-0.4, -0.2) is 70.7 Å². The summed E-state index contributed by atoms with van der Waals surface area (Å²) in [6, 6.07) is 0. The van der Waals surface area contributed by atoms with Crippen LogP contribution in [0.4, 0.5) is 0 Å². The third kappa shape index (κ3) is 59.0. The molecule has 0 rings (SSSR count). The van der Waals surface area contributed by atoms with Gasteiger partial charge in [0, 0.05) is 13.0 Å². The number of allylic oxidation sites excluding steroid dienone is 10. The summed E-state index contributed by atoms with van der Waals surface area (Å²) in [4.78, 5) is 25.3. The monoisotopic (exact) mass is 1020 g/mol. The van der Waals surface area contributed by atoms with Crippen LogP contribution in [0.2, 0.25) is 0 Å². The minimum atomic E-state index is -4.54. The van der Waals surface area contributed by atoms with Gasteiger partial charge in [-0.3, -0.25) is 9.36 Å². The molecule has 0 aliphatic carbocycles. The molecule has 8 nitrogen and oxygen atoms in total. The lowest BCUT2D eigenvalue weighted by molar-refractivity contribution is -0.870. The van der Waals surface area contributed by atoms with E-state index in [1.165, 1.54) is 173 Å². The predicted molar refractivity (Wildman–Crippen MR) is 305 cm³/mol. The van der Waals surface area contributed by atoms with Crippen LogP contribution >= 0.6 is 7.82 Å². The molecule has 0 radical (unpaired) electrons. The van der Waals surface area contributed by atoms with E-state index in [0.29, 0.717) is 24.1 Å². The Labute approximate surface area is 440 Å². The second-order valence-corrected chi connectivity index (χ2v) is 22.7. The minimum Gasteiger partial charge on any atom is -0.756 e. The summed E-state index contributed by atoms with van der Waals surface area (Å²) < 4.78 is 34.9. The molecule has 0 aromatic rings. The Hall–Kier alpha value is -1.80. The SMILES string of the molecule is CC/C=C\C/C=C\C/C=C\C/C=C\C/C=C\CCCCCCCCCC(=O)OC(COCCCCCCCCCCCCCCCCCCCCCCCCCCCC)COP(=O)([O-])OCC[N+](C)(C)C. The van der Waals surface area contributed by atoms with Gasteiger partial charge in [-0.05, 0) is 57.8 Å². The lowest BCUT2D eigenvalue weighted by Gasteiger charge is -2.28. The van der Waals surface area contributed by atoms with Gasteiger partial charge in [0.05, 0.1) is 34.4 Å². The van der Waals surface area contributed by atoms with E-state index in [1.54, 1.807) is 0 Å². The molecule has 0 aromatic carbocycles. The quantitative estimate of drug-likeness (QED) is 0.0197. The smallest absolute Gasteiger partial charge is 0.306 e. The van der Waals surface area contributed by atoms with E-state index in [2.05, 4.69) is 74.6 Å². The lowest BCUT2D eigenvalue weighted by atomic mass is 10.0. The van der Waals surface area contributed by atoms with E-state index in [-0.39, 0.29) is 25.8 Å². The van der Waals surface area contributed by atoms with Crippen molar-refractivity contribution in [3.8, 4) is 0 Å². The number of phosphoric ester groups is 1. The first-order chi connectivity index (χ1) is 34.6. The summed E-state index contributed by atoms with van der Waals surface area (Å²) in [5.74, 6) is -0.342. The second kappa shape index (κ2) is 54.5. The van der Waals surface area contributed by atoms with Gasteiger partial charge in [-0.2, -0.15) is 0 Å². The van der Waals surface area contributed by atoms with E-state index in [4.69, 9.17) is 18.5 Å². The average Bonchev–Trinajstić information content (AvgIpc) is 3.33. The zero-order chi connectivity index (χ0) is 51.9. The number of unbranched alkanes of at least 4 members (excludes halogenated alkanes) is 32. The molecule has 71 heavy (non-hydrogen) atoms. The number of likely N-dealkylation sites (N-methyl/N-ethyl adjacent to an activating group) is 1. The third-order valence-electron chi connectivity index (χ3n) is 13.1. The average molecular weight is 1020 g/mol. The van der Waals surface area contributed by atoms with Crippen LogP contribution in [0, 0.1) is 0 Å². The number of hydrogen-bond donors (Lipinski definition) is 0. The Morgan fingerprint density at radius 1 is 0.451 bits per heavy atom. The molecule has 9 heteroatoms. The Morgan fingerprint density at radius 3 is 1.23 bits per heavy atom. The molecule has 0 aliphatic heterocycles. The molecule has 0 N–H and O–H groups in total. The number of rotatable bonds is 56. The molecule has 2 atom stereocenters. The number of carbonyl (C=O) groups is 1. The van der Waals surface area contributed by atoms with Crippen molar-refractivity contribution in [2.75, 3.05) is 54.1 Å². The lowest BCUT2D eigenvalue weighted by Crippen LogP contribution is -2.37. The molecule has 0 saturated carbocycles. The fourth-order valence-electron chi connectivity index (χ4n) is 8.52. The van der Waals surface area contributed by atoms with Gasteiger partial charge in [-0.1, -0.05) is 267 Å². The highest BCUT2D eigenvalue weighted by atomic mass is 31.2. The van der Waals surface area contributed by atoms with Gasteiger partial charge in [0.2, 0.25) is 0 Å². The van der Waals surface area contributed by atoms with Crippen LogP contribution in [0.3, 0.4) is 0 Å². The van der Waals surface area contributed by atoms with Crippen molar-refractivity contribution in [2.24, 2.45) is 0 Å². The molecule has 2 unspecified atom stereocenters. The zero-order valence-electron chi connectivity index (χ0n) is 47.4. The number of ether oxygens (including phenoxy) is 2.